The van der Waals surface area contributed by atoms with Crippen molar-refractivity contribution in [2.75, 3.05) is 13.1 Å². The minimum absolute atomic E-state index is 0.107. The molecule has 0 radical (unpaired) electrons. The Bertz CT molecular complexity index is 464. The first-order chi connectivity index (χ1) is 10.2. The maximum absolute atomic E-state index is 12.0. The van der Waals surface area contributed by atoms with Gasteiger partial charge in [-0.15, -0.1) is 0 Å². The Hall–Kier alpha value is -1.06. The molecular formula is C17H25ClN2O. The lowest BCUT2D eigenvalue weighted by atomic mass is 10.00. The van der Waals surface area contributed by atoms with E-state index >= 15 is 0 Å². The number of hydrogen-bond donors (Lipinski definition) is 1. The number of nitrogens with zero attached hydrogens (tertiary/aromatic N) is 1. The molecule has 1 N–H and O–H groups in total. The third kappa shape index (κ3) is 5.01. The number of carbonyl (C=O) groups excluding carboxylic acids is 1. The van der Waals surface area contributed by atoms with E-state index in [0.29, 0.717) is 24.0 Å². The number of likely N-dealkylation sites (tertiary alicyclic amines) is 1. The number of carbonyl (C=O) groups is 1. The first-order valence-electron chi connectivity index (χ1n) is 7.95. The van der Waals surface area contributed by atoms with E-state index in [2.05, 4.69) is 17.1 Å². The van der Waals surface area contributed by atoms with Crippen LogP contribution in [0.2, 0.25) is 5.02 Å². The first kappa shape index (κ1) is 16.3. The third-order valence-corrected chi connectivity index (χ3v) is 4.65. The lowest BCUT2D eigenvalue weighted by Crippen LogP contribution is -2.41. The molecule has 0 spiro atoms. The smallest absolute Gasteiger partial charge is 0.221 e. The predicted octanol–water partition coefficient (Wildman–Crippen LogP) is 3.61. The molecule has 1 aliphatic heterocycles. The van der Waals surface area contributed by atoms with Crippen molar-refractivity contribution in [2.45, 2.75) is 51.6 Å². The van der Waals surface area contributed by atoms with E-state index in [4.69, 9.17) is 11.6 Å². The van der Waals surface area contributed by atoms with Gasteiger partial charge in [0.05, 0.1) is 0 Å². The Morgan fingerprint density at radius 3 is 2.95 bits per heavy atom. The molecule has 2 rings (SSSR count). The summed E-state index contributed by atoms with van der Waals surface area (Å²) in [6, 6.07) is 8.29. The summed E-state index contributed by atoms with van der Waals surface area (Å²) in [5.74, 6) is 0.107. The molecule has 116 valence electrons. The largest absolute Gasteiger partial charge is 0.352 e. The van der Waals surface area contributed by atoms with Crippen LogP contribution in [-0.2, 0) is 11.3 Å². The first-order valence-corrected chi connectivity index (χ1v) is 8.32. The zero-order valence-corrected chi connectivity index (χ0v) is 13.5. The Balaban J connectivity index is 1.73. The van der Waals surface area contributed by atoms with Crippen molar-refractivity contribution < 1.29 is 4.79 Å². The summed E-state index contributed by atoms with van der Waals surface area (Å²) in [5.41, 5.74) is 0.969. The monoisotopic (exact) mass is 308 g/mol. The minimum atomic E-state index is 0.107. The highest BCUT2D eigenvalue weighted by Gasteiger charge is 2.20. The summed E-state index contributed by atoms with van der Waals surface area (Å²) < 4.78 is 0. The number of benzene rings is 1. The van der Waals surface area contributed by atoms with Crippen LogP contribution >= 0.6 is 11.6 Å². The van der Waals surface area contributed by atoms with Crippen molar-refractivity contribution in [3.05, 3.63) is 34.9 Å². The van der Waals surface area contributed by atoms with E-state index < -0.39 is 0 Å². The molecule has 1 unspecified atom stereocenters. The van der Waals surface area contributed by atoms with E-state index in [-0.39, 0.29) is 5.91 Å². The standard InChI is InChI=1S/C17H25ClN2O/c1-2-15-8-5-6-11-20(15)12-10-17(21)19-13-14-7-3-4-9-16(14)18/h3-4,7,9,15H,2,5-6,8,10-13H2,1H3,(H,19,21). The second kappa shape index (κ2) is 8.40. The van der Waals surface area contributed by atoms with Crippen LogP contribution in [0.1, 0.15) is 44.6 Å². The molecule has 4 heteroatoms. The summed E-state index contributed by atoms with van der Waals surface area (Å²) in [6.07, 6.45) is 5.62. The molecule has 0 aliphatic carbocycles. The van der Waals surface area contributed by atoms with Crippen LogP contribution in [0.4, 0.5) is 0 Å². The maximum atomic E-state index is 12.0. The number of nitrogens with one attached hydrogen (secondary N) is 1. The average Bonchev–Trinajstić information content (AvgIpc) is 2.52. The quantitative estimate of drug-likeness (QED) is 0.870. The van der Waals surface area contributed by atoms with Gasteiger partial charge in [0.25, 0.3) is 0 Å². The highest BCUT2D eigenvalue weighted by molar-refractivity contribution is 6.31. The van der Waals surface area contributed by atoms with Crippen LogP contribution in [0.3, 0.4) is 0 Å². The van der Waals surface area contributed by atoms with Gasteiger partial charge in [-0.1, -0.05) is 43.1 Å². The zero-order valence-electron chi connectivity index (χ0n) is 12.8. The molecule has 1 aliphatic rings. The predicted molar refractivity (Wildman–Crippen MR) is 87.4 cm³/mol. The van der Waals surface area contributed by atoms with E-state index in [0.717, 1.165) is 18.7 Å². The molecule has 0 aromatic heterocycles. The molecule has 1 heterocycles. The van der Waals surface area contributed by atoms with Crippen LogP contribution in [0.15, 0.2) is 24.3 Å². The SMILES string of the molecule is CCC1CCCCN1CCC(=O)NCc1ccccc1Cl. The number of halogens is 1. The van der Waals surface area contributed by atoms with Gasteiger partial charge in [0, 0.05) is 30.6 Å². The summed E-state index contributed by atoms with van der Waals surface area (Å²) >= 11 is 6.08. The van der Waals surface area contributed by atoms with E-state index in [1.807, 2.05) is 24.3 Å². The number of amides is 1. The number of piperidine rings is 1. The molecule has 1 amide bonds. The lowest BCUT2D eigenvalue weighted by Gasteiger charge is -2.35. The second-order valence-electron chi connectivity index (χ2n) is 5.71. The minimum Gasteiger partial charge on any atom is -0.352 e. The van der Waals surface area contributed by atoms with Crippen molar-refractivity contribution >= 4 is 17.5 Å². The van der Waals surface area contributed by atoms with Gasteiger partial charge < -0.3 is 5.32 Å². The molecule has 1 atom stereocenters. The van der Waals surface area contributed by atoms with Crippen molar-refractivity contribution in [1.82, 2.24) is 10.2 Å². The Labute approximate surface area is 132 Å². The molecule has 0 bridgehead atoms. The summed E-state index contributed by atoms with van der Waals surface area (Å²) in [6.45, 7) is 4.75. The van der Waals surface area contributed by atoms with Gasteiger partial charge in [0.15, 0.2) is 0 Å². The third-order valence-electron chi connectivity index (χ3n) is 4.28. The van der Waals surface area contributed by atoms with Gasteiger partial charge >= 0.3 is 0 Å². The molecule has 1 aromatic carbocycles. The van der Waals surface area contributed by atoms with Crippen molar-refractivity contribution in [3.8, 4) is 0 Å². The second-order valence-corrected chi connectivity index (χ2v) is 6.12. The van der Waals surface area contributed by atoms with Gasteiger partial charge in [0.2, 0.25) is 5.91 Å². The average molecular weight is 309 g/mol. The highest BCUT2D eigenvalue weighted by atomic mass is 35.5. The fourth-order valence-electron chi connectivity index (χ4n) is 2.99. The van der Waals surface area contributed by atoms with Crippen LogP contribution in [0, 0.1) is 0 Å². The molecule has 3 nitrogen and oxygen atoms in total. The lowest BCUT2D eigenvalue weighted by molar-refractivity contribution is -0.121. The Kier molecular flexibility index (Phi) is 6.52. The molecule has 1 aromatic rings. The van der Waals surface area contributed by atoms with Gasteiger partial charge in [-0.25, -0.2) is 0 Å². The summed E-state index contributed by atoms with van der Waals surface area (Å²) in [7, 11) is 0. The fraction of sp³-hybridized carbons (Fsp3) is 0.588. The van der Waals surface area contributed by atoms with Gasteiger partial charge in [-0.3, -0.25) is 9.69 Å². The topological polar surface area (TPSA) is 32.3 Å². The molecule has 1 saturated heterocycles. The van der Waals surface area contributed by atoms with Gasteiger partial charge in [0.1, 0.15) is 0 Å². The Morgan fingerprint density at radius 2 is 2.19 bits per heavy atom. The van der Waals surface area contributed by atoms with Crippen LogP contribution in [-0.4, -0.2) is 29.9 Å². The van der Waals surface area contributed by atoms with Crippen LogP contribution in [0.5, 0.6) is 0 Å². The summed E-state index contributed by atoms with van der Waals surface area (Å²) in [4.78, 5) is 14.5. The van der Waals surface area contributed by atoms with Crippen LogP contribution < -0.4 is 5.32 Å². The van der Waals surface area contributed by atoms with Crippen molar-refractivity contribution in [1.29, 1.82) is 0 Å². The van der Waals surface area contributed by atoms with Crippen molar-refractivity contribution in [2.24, 2.45) is 0 Å². The van der Waals surface area contributed by atoms with Crippen molar-refractivity contribution in [3.63, 3.8) is 0 Å². The normalized spacial score (nSPS) is 19.4. The maximum Gasteiger partial charge on any atom is 0.221 e. The molecular weight excluding hydrogens is 284 g/mol. The molecule has 21 heavy (non-hydrogen) atoms. The fourth-order valence-corrected chi connectivity index (χ4v) is 3.19. The zero-order chi connectivity index (χ0) is 15.1. The van der Waals surface area contributed by atoms with Gasteiger partial charge in [-0.2, -0.15) is 0 Å². The molecule has 1 fully saturated rings. The summed E-state index contributed by atoms with van der Waals surface area (Å²) in [5, 5.41) is 3.67. The molecule has 0 saturated carbocycles. The van der Waals surface area contributed by atoms with Crippen LogP contribution in [0.25, 0.3) is 0 Å². The van der Waals surface area contributed by atoms with Gasteiger partial charge in [-0.05, 0) is 37.4 Å². The Morgan fingerprint density at radius 1 is 1.38 bits per heavy atom. The van der Waals surface area contributed by atoms with E-state index in [1.54, 1.807) is 0 Å². The van der Waals surface area contributed by atoms with E-state index in [9.17, 15) is 4.79 Å². The highest BCUT2D eigenvalue weighted by Crippen LogP contribution is 2.19. The van der Waals surface area contributed by atoms with E-state index in [1.165, 1.54) is 25.7 Å². The number of hydrogen-bond acceptors (Lipinski definition) is 2. The number of rotatable bonds is 6.